The van der Waals surface area contributed by atoms with Crippen LogP contribution in [0.5, 0.6) is 11.5 Å². The lowest BCUT2D eigenvalue weighted by atomic mass is 9.75. The van der Waals surface area contributed by atoms with Gasteiger partial charge in [0.05, 0.1) is 19.8 Å². The highest BCUT2D eigenvalue weighted by Gasteiger charge is 2.53. The van der Waals surface area contributed by atoms with Crippen molar-refractivity contribution in [1.82, 2.24) is 0 Å². The number of phenolic OH excluding ortho intramolecular Hbond substituents is 1. The Morgan fingerprint density at radius 2 is 2.00 bits per heavy atom. The first-order valence-electron chi connectivity index (χ1n) is 10.4. The van der Waals surface area contributed by atoms with E-state index < -0.39 is 29.4 Å². The number of ether oxygens (including phenoxy) is 4. The number of aryl methyl sites for hydroxylation is 1. The molecular weight excluding hydrogens is 416 g/mol. The van der Waals surface area contributed by atoms with E-state index in [1.165, 1.54) is 27.0 Å². The Morgan fingerprint density at radius 1 is 1.28 bits per heavy atom. The average Bonchev–Trinajstić information content (AvgIpc) is 2.71. The Labute approximate surface area is 186 Å². The number of ketones is 1. The van der Waals surface area contributed by atoms with Crippen LogP contribution in [0.4, 0.5) is 0 Å². The first-order chi connectivity index (χ1) is 15.1. The number of esters is 2. The molecule has 1 heterocycles. The summed E-state index contributed by atoms with van der Waals surface area (Å²) in [6, 6.07) is 2.86. The van der Waals surface area contributed by atoms with Crippen molar-refractivity contribution < 1.29 is 38.4 Å². The van der Waals surface area contributed by atoms with E-state index in [4.69, 9.17) is 18.9 Å². The van der Waals surface area contributed by atoms with Crippen LogP contribution in [0.2, 0.25) is 0 Å². The number of allylic oxidation sites excluding steroid dienone is 1. The molecule has 1 aliphatic carbocycles. The summed E-state index contributed by atoms with van der Waals surface area (Å²) >= 11 is 0. The number of carbonyl (C=O) groups excluding carboxylic acids is 3. The average molecular weight is 444 g/mol. The number of carbonyl (C=O) groups is 3. The quantitative estimate of drug-likeness (QED) is 0.545. The number of rotatable bonds is 5. The molecule has 0 radical (unpaired) electrons. The van der Waals surface area contributed by atoms with Crippen molar-refractivity contribution in [1.29, 1.82) is 0 Å². The fourth-order valence-electron chi connectivity index (χ4n) is 4.18. The van der Waals surface area contributed by atoms with Crippen LogP contribution < -0.4 is 4.74 Å². The van der Waals surface area contributed by atoms with Crippen molar-refractivity contribution in [3.05, 3.63) is 46.6 Å². The van der Waals surface area contributed by atoms with Crippen LogP contribution >= 0.6 is 0 Å². The van der Waals surface area contributed by atoms with E-state index >= 15 is 0 Å². The van der Waals surface area contributed by atoms with Crippen LogP contribution in [0.1, 0.15) is 49.5 Å². The summed E-state index contributed by atoms with van der Waals surface area (Å²) in [7, 11) is 1.44. The van der Waals surface area contributed by atoms with Gasteiger partial charge in [-0.2, -0.15) is 0 Å². The topological polar surface area (TPSA) is 108 Å². The molecule has 8 nitrogen and oxygen atoms in total. The predicted octanol–water partition coefficient (Wildman–Crippen LogP) is 3.19. The van der Waals surface area contributed by atoms with Gasteiger partial charge in [0, 0.05) is 25.0 Å². The monoisotopic (exact) mass is 444 g/mol. The van der Waals surface area contributed by atoms with E-state index in [1.807, 2.05) is 19.1 Å². The number of hydrogen-bond donors (Lipinski definition) is 1. The van der Waals surface area contributed by atoms with Gasteiger partial charge in [0.1, 0.15) is 17.1 Å². The zero-order valence-electron chi connectivity index (χ0n) is 18.9. The Hall–Kier alpha value is -3.13. The van der Waals surface area contributed by atoms with Gasteiger partial charge < -0.3 is 24.1 Å². The number of hydrogen-bond acceptors (Lipinski definition) is 8. The molecule has 0 saturated carbocycles. The third-order valence-corrected chi connectivity index (χ3v) is 5.84. The molecule has 2 aliphatic rings. The number of methoxy groups -OCH3 is 1. The molecule has 0 saturated heterocycles. The number of phenols is 1. The lowest BCUT2D eigenvalue weighted by Gasteiger charge is -2.42. The van der Waals surface area contributed by atoms with Crippen LogP contribution in [-0.4, -0.2) is 54.4 Å². The molecule has 0 unspecified atom stereocenters. The van der Waals surface area contributed by atoms with Crippen LogP contribution in [0, 0.1) is 6.92 Å². The molecule has 172 valence electrons. The minimum absolute atomic E-state index is 0.0793. The van der Waals surface area contributed by atoms with E-state index in [1.54, 1.807) is 13.0 Å². The molecule has 1 N–H and O–H groups in total. The molecule has 32 heavy (non-hydrogen) atoms. The maximum atomic E-state index is 13.5. The first kappa shape index (κ1) is 23.5. The second kappa shape index (κ2) is 9.16. The van der Waals surface area contributed by atoms with Crippen molar-refractivity contribution >= 4 is 17.7 Å². The summed E-state index contributed by atoms with van der Waals surface area (Å²) in [4.78, 5) is 38.3. The van der Waals surface area contributed by atoms with Crippen LogP contribution in [-0.2, 0) is 23.8 Å². The van der Waals surface area contributed by atoms with E-state index in [0.29, 0.717) is 23.3 Å². The summed E-state index contributed by atoms with van der Waals surface area (Å²) in [6.45, 7) is 6.25. The van der Waals surface area contributed by atoms with Gasteiger partial charge in [-0.3, -0.25) is 9.59 Å². The highest BCUT2D eigenvalue weighted by molar-refractivity contribution is 6.06. The van der Waals surface area contributed by atoms with Gasteiger partial charge in [0.25, 0.3) is 0 Å². The third kappa shape index (κ3) is 4.41. The number of aromatic hydroxyl groups is 1. The molecule has 8 heteroatoms. The molecule has 1 aliphatic heterocycles. The van der Waals surface area contributed by atoms with Gasteiger partial charge in [0.15, 0.2) is 6.10 Å². The first-order valence-corrected chi connectivity index (χ1v) is 10.4. The maximum Gasteiger partial charge on any atom is 0.343 e. The second-order valence-electron chi connectivity index (χ2n) is 8.13. The van der Waals surface area contributed by atoms with Crippen molar-refractivity contribution in [2.75, 3.05) is 13.7 Å². The molecule has 0 bridgehead atoms. The normalized spacial score (nSPS) is 25.5. The highest BCUT2D eigenvalue weighted by atomic mass is 16.6. The van der Waals surface area contributed by atoms with Crippen LogP contribution in [0.15, 0.2) is 35.4 Å². The van der Waals surface area contributed by atoms with Gasteiger partial charge in [-0.05, 0) is 38.8 Å². The smallest absolute Gasteiger partial charge is 0.343 e. The van der Waals surface area contributed by atoms with E-state index in [9.17, 15) is 19.5 Å². The van der Waals surface area contributed by atoms with E-state index in [2.05, 4.69) is 0 Å². The van der Waals surface area contributed by atoms with Gasteiger partial charge in [-0.15, -0.1) is 0 Å². The summed E-state index contributed by atoms with van der Waals surface area (Å²) in [5, 5.41) is 10.3. The SMILES string of the molecule is CC=C[C@@H]1CC2=C(CO1)C(=O)[C@@](C)(OC(=O)c1c(C)cc(OC)cc1O)[C@@H](OC(C)=O)C2. The Bertz CT molecular complexity index is 982. The summed E-state index contributed by atoms with van der Waals surface area (Å²) in [6.07, 6.45) is 3.34. The zero-order chi connectivity index (χ0) is 23.6. The lowest BCUT2D eigenvalue weighted by Crippen LogP contribution is -2.56. The molecule has 3 rings (SSSR count). The van der Waals surface area contributed by atoms with Gasteiger partial charge in [0.2, 0.25) is 11.4 Å². The van der Waals surface area contributed by atoms with Crippen molar-refractivity contribution in [2.24, 2.45) is 0 Å². The minimum Gasteiger partial charge on any atom is -0.507 e. The van der Waals surface area contributed by atoms with Gasteiger partial charge in [-0.25, -0.2) is 4.79 Å². The Kier molecular flexibility index (Phi) is 6.74. The van der Waals surface area contributed by atoms with Crippen molar-refractivity contribution in [3.63, 3.8) is 0 Å². The lowest BCUT2D eigenvalue weighted by molar-refractivity contribution is -0.169. The molecule has 0 fully saturated rings. The predicted molar refractivity (Wildman–Crippen MR) is 115 cm³/mol. The molecule has 1 aromatic carbocycles. The van der Waals surface area contributed by atoms with E-state index in [-0.39, 0.29) is 30.4 Å². The Morgan fingerprint density at radius 3 is 2.59 bits per heavy atom. The second-order valence-corrected chi connectivity index (χ2v) is 8.13. The molecule has 1 aromatic rings. The zero-order valence-corrected chi connectivity index (χ0v) is 18.9. The fraction of sp³-hybridized carbons (Fsp3) is 0.458. The third-order valence-electron chi connectivity index (χ3n) is 5.84. The highest BCUT2D eigenvalue weighted by Crippen LogP contribution is 2.40. The van der Waals surface area contributed by atoms with Crippen molar-refractivity contribution in [2.45, 2.75) is 58.3 Å². The number of Topliss-reactive ketones (excluding diaryl/α,β-unsaturated/α-hetero) is 1. The Balaban J connectivity index is 1.97. The molecule has 0 amide bonds. The molecule has 3 atom stereocenters. The molecule has 0 spiro atoms. The molecular formula is C24H28O8. The van der Waals surface area contributed by atoms with E-state index in [0.717, 1.165) is 5.57 Å². The summed E-state index contributed by atoms with van der Waals surface area (Å²) < 4.78 is 22.0. The van der Waals surface area contributed by atoms with Crippen LogP contribution in [0.3, 0.4) is 0 Å². The maximum absolute atomic E-state index is 13.5. The van der Waals surface area contributed by atoms with Crippen molar-refractivity contribution in [3.8, 4) is 11.5 Å². The van der Waals surface area contributed by atoms with Gasteiger partial charge >= 0.3 is 11.9 Å². The summed E-state index contributed by atoms with van der Waals surface area (Å²) in [5.41, 5.74) is -0.184. The minimum atomic E-state index is -1.77. The number of benzene rings is 1. The van der Waals surface area contributed by atoms with Crippen LogP contribution in [0.25, 0.3) is 0 Å². The molecule has 0 aromatic heterocycles. The standard InChI is InChI=1S/C24H28O8/c1-6-7-16-9-15-10-20(31-14(3)25)24(4,22(27)18(15)12-30-16)32-23(28)21-13(2)8-17(29-5)11-19(21)26/h6-8,11,16,20,26H,9-10,12H2,1-5H3/t16-,20+,24+/m1/s1. The largest absolute Gasteiger partial charge is 0.507 e. The fourth-order valence-corrected chi connectivity index (χ4v) is 4.18. The van der Waals surface area contributed by atoms with Gasteiger partial charge in [-0.1, -0.05) is 17.7 Å². The summed E-state index contributed by atoms with van der Waals surface area (Å²) in [5.74, 6) is -1.92.